The molecule has 1 aromatic carbocycles. The van der Waals surface area contributed by atoms with E-state index in [2.05, 4.69) is 20.8 Å². The molecule has 2 aromatic rings. The van der Waals surface area contributed by atoms with E-state index in [1.54, 1.807) is 0 Å². The zero-order chi connectivity index (χ0) is 18.8. The van der Waals surface area contributed by atoms with E-state index >= 15 is 0 Å². The maximum Gasteiger partial charge on any atom is 0.233 e. The van der Waals surface area contributed by atoms with Crippen LogP contribution in [0.5, 0.6) is 0 Å². The summed E-state index contributed by atoms with van der Waals surface area (Å²) in [7, 11) is 0. The van der Waals surface area contributed by atoms with Gasteiger partial charge in [0.1, 0.15) is 5.82 Å². The SMILES string of the molecule is CC(=O)Nc1cccc(-n2c(SC3CCCCNC3=O)nnc2C2CC2)c1. The fourth-order valence-electron chi connectivity index (χ4n) is 3.28. The summed E-state index contributed by atoms with van der Waals surface area (Å²) < 4.78 is 2.05. The third-order valence-electron chi connectivity index (χ3n) is 4.76. The molecule has 7 nitrogen and oxygen atoms in total. The van der Waals surface area contributed by atoms with E-state index in [4.69, 9.17) is 0 Å². The molecule has 2 aliphatic rings. The van der Waals surface area contributed by atoms with Crippen LogP contribution in [0.1, 0.15) is 50.8 Å². The number of hydrogen-bond donors (Lipinski definition) is 2. The van der Waals surface area contributed by atoms with E-state index in [1.807, 2.05) is 28.8 Å². The van der Waals surface area contributed by atoms with Gasteiger partial charge in [-0.1, -0.05) is 24.2 Å². The summed E-state index contributed by atoms with van der Waals surface area (Å²) in [6.07, 6.45) is 5.10. The van der Waals surface area contributed by atoms with Crippen LogP contribution in [0.4, 0.5) is 5.69 Å². The van der Waals surface area contributed by atoms with Gasteiger partial charge in [0.25, 0.3) is 0 Å². The van der Waals surface area contributed by atoms with Crippen molar-refractivity contribution in [3.8, 4) is 5.69 Å². The third-order valence-corrected chi connectivity index (χ3v) is 5.97. The number of rotatable bonds is 5. The number of amides is 2. The number of anilines is 1. The number of aromatic nitrogens is 3. The van der Waals surface area contributed by atoms with Crippen LogP contribution in [0.15, 0.2) is 29.4 Å². The molecule has 0 bridgehead atoms. The van der Waals surface area contributed by atoms with Gasteiger partial charge in [0.05, 0.1) is 10.9 Å². The second-order valence-corrected chi connectivity index (χ2v) is 8.25. The zero-order valence-corrected chi connectivity index (χ0v) is 16.1. The number of hydrogen-bond acceptors (Lipinski definition) is 5. The highest BCUT2D eigenvalue weighted by Gasteiger charge is 2.32. The molecule has 2 heterocycles. The minimum absolute atomic E-state index is 0.0759. The molecule has 2 N–H and O–H groups in total. The molecule has 1 aliphatic carbocycles. The van der Waals surface area contributed by atoms with Crippen LogP contribution in [0.2, 0.25) is 0 Å². The van der Waals surface area contributed by atoms with E-state index in [-0.39, 0.29) is 17.1 Å². The largest absolute Gasteiger partial charge is 0.355 e. The molecule has 1 aromatic heterocycles. The van der Waals surface area contributed by atoms with Crippen molar-refractivity contribution in [3.63, 3.8) is 0 Å². The van der Waals surface area contributed by atoms with Crippen molar-refractivity contribution >= 4 is 29.3 Å². The van der Waals surface area contributed by atoms with E-state index in [1.165, 1.54) is 18.7 Å². The Kier molecular flexibility index (Phi) is 5.15. The molecule has 2 amide bonds. The van der Waals surface area contributed by atoms with Crippen LogP contribution in [0.25, 0.3) is 5.69 Å². The average Bonchev–Trinajstić information content (AvgIpc) is 3.42. The first-order chi connectivity index (χ1) is 13.1. The van der Waals surface area contributed by atoms with Gasteiger partial charge in [-0.2, -0.15) is 0 Å². The molecule has 2 fully saturated rings. The van der Waals surface area contributed by atoms with Gasteiger partial charge in [-0.3, -0.25) is 14.2 Å². The van der Waals surface area contributed by atoms with Crippen LogP contribution in [-0.4, -0.2) is 38.4 Å². The first-order valence-corrected chi connectivity index (χ1v) is 10.3. The smallest absolute Gasteiger partial charge is 0.233 e. The number of benzene rings is 1. The highest BCUT2D eigenvalue weighted by Crippen LogP contribution is 2.42. The summed E-state index contributed by atoms with van der Waals surface area (Å²) in [5, 5.41) is 15.2. The van der Waals surface area contributed by atoms with Gasteiger partial charge in [0.15, 0.2) is 5.16 Å². The second kappa shape index (κ2) is 7.72. The highest BCUT2D eigenvalue weighted by molar-refractivity contribution is 8.00. The maximum absolute atomic E-state index is 12.4. The molecular formula is C19H23N5O2S. The molecule has 27 heavy (non-hydrogen) atoms. The predicted molar refractivity (Wildman–Crippen MR) is 104 cm³/mol. The topological polar surface area (TPSA) is 88.9 Å². The molecule has 1 saturated heterocycles. The Morgan fingerprint density at radius 1 is 1.26 bits per heavy atom. The normalized spacial score (nSPS) is 20.0. The maximum atomic E-state index is 12.4. The fraction of sp³-hybridized carbons (Fsp3) is 0.474. The summed E-state index contributed by atoms with van der Waals surface area (Å²) >= 11 is 1.48. The van der Waals surface area contributed by atoms with Gasteiger partial charge in [-0.15, -0.1) is 10.2 Å². The quantitative estimate of drug-likeness (QED) is 0.826. The lowest BCUT2D eigenvalue weighted by Gasteiger charge is -2.15. The first-order valence-electron chi connectivity index (χ1n) is 9.39. The van der Waals surface area contributed by atoms with E-state index in [0.717, 1.165) is 61.0 Å². The van der Waals surface area contributed by atoms with Crippen molar-refractivity contribution in [1.29, 1.82) is 0 Å². The lowest BCUT2D eigenvalue weighted by atomic mass is 10.2. The third kappa shape index (κ3) is 4.16. The van der Waals surface area contributed by atoms with E-state index in [9.17, 15) is 9.59 Å². The second-order valence-electron chi connectivity index (χ2n) is 7.08. The summed E-state index contributed by atoms with van der Waals surface area (Å²) in [6, 6.07) is 7.67. The van der Waals surface area contributed by atoms with Crippen LogP contribution in [0.3, 0.4) is 0 Å². The number of carbonyl (C=O) groups excluding carboxylic acids is 2. The molecule has 4 rings (SSSR count). The number of thioether (sulfide) groups is 1. The first kappa shape index (κ1) is 18.0. The van der Waals surface area contributed by atoms with E-state index < -0.39 is 0 Å². The van der Waals surface area contributed by atoms with Crippen molar-refractivity contribution in [2.24, 2.45) is 0 Å². The summed E-state index contributed by atoms with van der Waals surface area (Å²) in [6.45, 7) is 2.24. The van der Waals surface area contributed by atoms with Gasteiger partial charge in [0.2, 0.25) is 11.8 Å². The number of nitrogens with one attached hydrogen (secondary N) is 2. The van der Waals surface area contributed by atoms with Crippen molar-refractivity contribution in [3.05, 3.63) is 30.1 Å². The Balaban J connectivity index is 1.68. The minimum atomic E-state index is -0.152. The summed E-state index contributed by atoms with van der Waals surface area (Å²) in [5.74, 6) is 1.32. The Bertz CT molecular complexity index is 862. The Labute approximate surface area is 162 Å². The Morgan fingerprint density at radius 3 is 2.89 bits per heavy atom. The summed E-state index contributed by atoms with van der Waals surface area (Å²) in [5.41, 5.74) is 1.64. The van der Waals surface area contributed by atoms with Gasteiger partial charge in [-0.25, -0.2) is 0 Å². The average molecular weight is 385 g/mol. The highest BCUT2D eigenvalue weighted by atomic mass is 32.2. The van der Waals surface area contributed by atoms with Crippen LogP contribution in [0, 0.1) is 0 Å². The molecule has 1 unspecified atom stereocenters. The van der Waals surface area contributed by atoms with Crippen molar-refractivity contribution in [2.75, 3.05) is 11.9 Å². The van der Waals surface area contributed by atoms with Crippen LogP contribution < -0.4 is 10.6 Å². The minimum Gasteiger partial charge on any atom is -0.355 e. The number of carbonyl (C=O) groups is 2. The van der Waals surface area contributed by atoms with Crippen molar-refractivity contribution in [2.45, 2.75) is 55.4 Å². The lowest BCUT2D eigenvalue weighted by Crippen LogP contribution is -2.30. The number of nitrogens with zero attached hydrogens (tertiary/aromatic N) is 3. The van der Waals surface area contributed by atoms with Crippen molar-refractivity contribution < 1.29 is 9.59 Å². The van der Waals surface area contributed by atoms with Crippen molar-refractivity contribution in [1.82, 2.24) is 20.1 Å². The molecule has 0 spiro atoms. The molecule has 1 saturated carbocycles. The molecular weight excluding hydrogens is 362 g/mol. The van der Waals surface area contributed by atoms with Gasteiger partial charge in [0, 0.05) is 25.1 Å². The Morgan fingerprint density at radius 2 is 2.11 bits per heavy atom. The lowest BCUT2D eigenvalue weighted by molar-refractivity contribution is -0.120. The standard InChI is InChI=1S/C19H23N5O2S/c1-12(25)21-14-5-4-6-15(11-14)24-17(13-8-9-13)22-23-19(24)27-16-7-2-3-10-20-18(16)26/h4-6,11,13,16H,2-3,7-10H2,1H3,(H,20,26)(H,21,25). The van der Waals surface area contributed by atoms with Gasteiger partial charge >= 0.3 is 0 Å². The van der Waals surface area contributed by atoms with E-state index in [0.29, 0.717) is 5.92 Å². The molecule has 142 valence electrons. The van der Waals surface area contributed by atoms with Gasteiger partial charge in [-0.05, 0) is 43.9 Å². The zero-order valence-electron chi connectivity index (χ0n) is 15.3. The monoisotopic (exact) mass is 385 g/mol. The molecule has 1 aliphatic heterocycles. The molecule has 0 radical (unpaired) electrons. The van der Waals surface area contributed by atoms with Gasteiger partial charge < -0.3 is 10.6 Å². The summed E-state index contributed by atoms with van der Waals surface area (Å²) in [4.78, 5) is 23.8. The fourth-order valence-corrected chi connectivity index (χ4v) is 4.40. The Hall–Kier alpha value is -2.35. The molecule has 1 atom stereocenters. The van der Waals surface area contributed by atoms with Crippen LogP contribution in [-0.2, 0) is 9.59 Å². The molecule has 8 heteroatoms. The van der Waals surface area contributed by atoms with Crippen LogP contribution >= 0.6 is 11.8 Å². The predicted octanol–water partition coefficient (Wildman–Crippen LogP) is 2.86.